The quantitative estimate of drug-likeness (QED) is 0.840. The molecule has 2 aromatic rings. The van der Waals surface area contributed by atoms with Crippen molar-refractivity contribution in [2.24, 2.45) is 5.92 Å². The monoisotopic (exact) mass is 326 g/mol. The molecular formula is C21H26O3. The zero-order valence-corrected chi connectivity index (χ0v) is 14.3. The highest BCUT2D eigenvalue weighted by Gasteiger charge is 2.31. The first-order valence-corrected chi connectivity index (χ1v) is 9.11. The molecule has 1 saturated carbocycles. The summed E-state index contributed by atoms with van der Waals surface area (Å²) in [6.07, 6.45) is 7.37. The van der Waals surface area contributed by atoms with E-state index < -0.39 is 0 Å². The molecule has 0 radical (unpaired) electrons. The summed E-state index contributed by atoms with van der Waals surface area (Å²) < 4.78 is 5.51. The van der Waals surface area contributed by atoms with Crippen LogP contribution in [0.2, 0.25) is 0 Å². The van der Waals surface area contributed by atoms with Crippen molar-refractivity contribution in [3.05, 3.63) is 63.7 Å². The molecule has 1 aromatic heterocycles. The number of hydrogen-bond acceptors (Lipinski definition) is 3. The van der Waals surface area contributed by atoms with Gasteiger partial charge in [0, 0.05) is 18.4 Å². The van der Waals surface area contributed by atoms with E-state index in [2.05, 4.69) is 12.1 Å². The number of benzene rings is 1. The summed E-state index contributed by atoms with van der Waals surface area (Å²) in [5, 5.41) is 10.6. The van der Waals surface area contributed by atoms with Crippen LogP contribution in [-0.4, -0.2) is 5.11 Å². The van der Waals surface area contributed by atoms with Crippen LogP contribution in [0.5, 0.6) is 5.75 Å². The predicted molar refractivity (Wildman–Crippen MR) is 95.5 cm³/mol. The molecule has 3 nitrogen and oxygen atoms in total. The summed E-state index contributed by atoms with van der Waals surface area (Å²) >= 11 is 0. The van der Waals surface area contributed by atoms with E-state index in [9.17, 15) is 9.90 Å². The summed E-state index contributed by atoms with van der Waals surface area (Å²) in [5.74, 6) is 0.957. The molecule has 1 heterocycles. The van der Waals surface area contributed by atoms with Gasteiger partial charge in [0.05, 0.1) is 5.56 Å². The lowest BCUT2D eigenvalue weighted by atomic mass is 9.74. The summed E-state index contributed by atoms with van der Waals surface area (Å²) in [4.78, 5) is 12.7. The van der Waals surface area contributed by atoms with Gasteiger partial charge in [0.2, 0.25) is 0 Å². The van der Waals surface area contributed by atoms with Crippen molar-refractivity contribution in [1.82, 2.24) is 0 Å². The fraction of sp³-hybridized carbons (Fsp3) is 0.476. The first-order valence-electron chi connectivity index (χ1n) is 9.11. The minimum Gasteiger partial charge on any atom is -0.507 e. The normalized spacial score (nSPS) is 16.9. The maximum absolute atomic E-state index is 12.7. The summed E-state index contributed by atoms with van der Waals surface area (Å²) in [6, 6.07) is 11.7. The Morgan fingerprint density at radius 2 is 1.88 bits per heavy atom. The average molecular weight is 326 g/mol. The molecule has 128 valence electrons. The third-order valence-corrected chi connectivity index (χ3v) is 5.10. The fourth-order valence-electron chi connectivity index (χ4n) is 4.00. The molecule has 1 unspecified atom stereocenters. The van der Waals surface area contributed by atoms with Gasteiger partial charge < -0.3 is 9.52 Å². The molecule has 1 N–H and O–H groups in total. The highest BCUT2D eigenvalue weighted by Crippen LogP contribution is 2.42. The minimum atomic E-state index is -0.377. The molecule has 1 atom stereocenters. The minimum absolute atomic E-state index is 0.0848. The van der Waals surface area contributed by atoms with E-state index in [4.69, 9.17) is 4.42 Å². The molecule has 0 bridgehead atoms. The van der Waals surface area contributed by atoms with Crippen molar-refractivity contribution >= 4 is 0 Å². The fourth-order valence-corrected chi connectivity index (χ4v) is 4.00. The second-order valence-electron chi connectivity index (χ2n) is 6.84. The SMILES string of the molecule is CCCc1cc(O)c(C(c2ccccc2)C2CCCCC2)c(=O)o1. The zero-order chi connectivity index (χ0) is 16.9. The van der Waals surface area contributed by atoms with Crippen LogP contribution in [0.4, 0.5) is 0 Å². The van der Waals surface area contributed by atoms with E-state index in [1.807, 2.05) is 25.1 Å². The van der Waals surface area contributed by atoms with Gasteiger partial charge in [0.25, 0.3) is 0 Å². The average Bonchev–Trinajstić information content (AvgIpc) is 2.60. The molecule has 1 aromatic carbocycles. The first kappa shape index (κ1) is 16.8. The number of aromatic hydroxyl groups is 1. The van der Waals surface area contributed by atoms with Crippen LogP contribution in [0.1, 0.15) is 68.3 Å². The largest absolute Gasteiger partial charge is 0.507 e. The standard InChI is InChI=1S/C21H26O3/c1-2-9-17-14-18(22)20(21(23)24-17)19(15-10-5-3-6-11-15)16-12-7-4-8-13-16/h3,5-6,10-11,14,16,19,22H,2,4,7-9,12-13H2,1H3. The maximum Gasteiger partial charge on any atom is 0.343 e. The van der Waals surface area contributed by atoms with Gasteiger partial charge in [-0.15, -0.1) is 0 Å². The zero-order valence-electron chi connectivity index (χ0n) is 14.3. The Kier molecular flexibility index (Phi) is 5.39. The lowest BCUT2D eigenvalue weighted by Gasteiger charge is -2.30. The van der Waals surface area contributed by atoms with E-state index in [0.717, 1.165) is 24.8 Å². The van der Waals surface area contributed by atoms with Crippen molar-refractivity contribution in [3.8, 4) is 5.75 Å². The molecule has 0 aliphatic heterocycles. The van der Waals surface area contributed by atoms with Crippen LogP contribution in [0.25, 0.3) is 0 Å². The van der Waals surface area contributed by atoms with Crippen LogP contribution >= 0.6 is 0 Å². The topological polar surface area (TPSA) is 50.4 Å². The Morgan fingerprint density at radius 1 is 1.17 bits per heavy atom. The van der Waals surface area contributed by atoms with Gasteiger partial charge >= 0.3 is 5.63 Å². The van der Waals surface area contributed by atoms with Gasteiger partial charge in [-0.25, -0.2) is 4.79 Å². The molecule has 1 fully saturated rings. The Labute approximate surface area is 143 Å². The maximum atomic E-state index is 12.7. The molecule has 3 heteroatoms. The molecular weight excluding hydrogens is 300 g/mol. The molecule has 3 rings (SSSR count). The second-order valence-corrected chi connectivity index (χ2v) is 6.84. The van der Waals surface area contributed by atoms with Gasteiger partial charge in [0.15, 0.2) is 0 Å². The van der Waals surface area contributed by atoms with Gasteiger partial charge in [0.1, 0.15) is 11.5 Å². The van der Waals surface area contributed by atoms with E-state index in [-0.39, 0.29) is 17.3 Å². The third-order valence-electron chi connectivity index (χ3n) is 5.10. The van der Waals surface area contributed by atoms with Crippen LogP contribution in [-0.2, 0) is 6.42 Å². The van der Waals surface area contributed by atoms with Crippen LogP contribution in [0.3, 0.4) is 0 Å². The van der Waals surface area contributed by atoms with Crippen molar-refractivity contribution in [1.29, 1.82) is 0 Å². The Hall–Kier alpha value is -2.03. The summed E-state index contributed by atoms with van der Waals surface area (Å²) in [5.41, 5.74) is 1.15. The molecule has 1 aliphatic rings. The molecule has 0 amide bonds. The van der Waals surface area contributed by atoms with Crippen LogP contribution in [0, 0.1) is 5.92 Å². The summed E-state index contributed by atoms with van der Waals surface area (Å²) in [7, 11) is 0. The number of hydrogen-bond donors (Lipinski definition) is 1. The van der Waals surface area contributed by atoms with Crippen LogP contribution in [0.15, 0.2) is 45.6 Å². The van der Waals surface area contributed by atoms with Gasteiger partial charge in [-0.2, -0.15) is 0 Å². The van der Waals surface area contributed by atoms with Gasteiger partial charge in [-0.05, 0) is 30.7 Å². The van der Waals surface area contributed by atoms with E-state index in [1.54, 1.807) is 6.07 Å². The van der Waals surface area contributed by atoms with E-state index in [1.165, 1.54) is 19.3 Å². The number of aryl methyl sites for hydroxylation is 1. The van der Waals surface area contributed by atoms with Gasteiger partial charge in [-0.1, -0.05) is 56.5 Å². The molecule has 24 heavy (non-hydrogen) atoms. The van der Waals surface area contributed by atoms with Crippen molar-refractivity contribution < 1.29 is 9.52 Å². The number of rotatable bonds is 5. The first-order chi connectivity index (χ1) is 11.7. The molecule has 0 saturated heterocycles. The lowest BCUT2D eigenvalue weighted by Crippen LogP contribution is -2.23. The van der Waals surface area contributed by atoms with Crippen LogP contribution < -0.4 is 5.63 Å². The predicted octanol–water partition coefficient (Wildman–Crippen LogP) is 5.01. The highest BCUT2D eigenvalue weighted by molar-refractivity contribution is 5.40. The smallest absolute Gasteiger partial charge is 0.343 e. The molecule has 0 spiro atoms. The van der Waals surface area contributed by atoms with Crippen molar-refractivity contribution in [3.63, 3.8) is 0 Å². The Morgan fingerprint density at radius 3 is 2.50 bits per heavy atom. The molecule has 1 aliphatic carbocycles. The van der Waals surface area contributed by atoms with Crippen molar-refractivity contribution in [2.75, 3.05) is 0 Å². The third kappa shape index (κ3) is 3.55. The van der Waals surface area contributed by atoms with Gasteiger partial charge in [-0.3, -0.25) is 0 Å². The Balaban J connectivity index is 2.07. The lowest BCUT2D eigenvalue weighted by molar-refractivity contribution is 0.312. The second kappa shape index (κ2) is 7.69. The Bertz CT molecular complexity index is 712. The van der Waals surface area contributed by atoms with E-state index >= 15 is 0 Å². The van der Waals surface area contributed by atoms with Crippen molar-refractivity contribution in [2.45, 2.75) is 57.8 Å². The highest BCUT2D eigenvalue weighted by atomic mass is 16.4. The summed E-state index contributed by atoms with van der Waals surface area (Å²) in [6.45, 7) is 2.03. The van der Waals surface area contributed by atoms with E-state index in [0.29, 0.717) is 23.7 Å².